The van der Waals surface area contributed by atoms with E-state index >= 15 is 0 Å². The molecule has 8 nitrogen and oxygen atoms in total. The molecule has 0 saturated carbocycles. The molecule has 1 N–H and O–H groups in total. The molecule has 156 valence electrons. The van der Waals surface area contributed by atoms with Crippen molar-refractivity contribution in [2.75, 3.05) is 0 Å². The molecule has 1 aromatic heterocycles. The SMILES string of the molecule is CC(=O)C=C(O)c1cc(C)c(OCc2c(C)cccc2-n2nnn(C)c2=O)cc1C. The Morgan fingerprint density at radius 1 is 1.13 bits per heavy atom. The minimum atomic E-state index is -0.342. The van der Waals surface area contributed by atoms with Gasteiger partial charge in [0, 0.05) is 24.3 Å². The summed E-state index contributed by atoms with van der Waals surface area (Å²) < 4.78 is 8.49. The molecule has 30 heavy (non-hydrogen) atoms. The molecule has 0 amide bonds. The quantitative estimate of drug-likeness (QED) is 0.497. The second kappa shape index (κ2) is 8.36. The fourth-order valence-corrected chi connectivity index (χ4v) is 3.18. The third kappa shape index (κ3) is 4.17. The normalized spacial score (nSPS) is 11.6. The monoisotopic (exact) mass is 408 g/mol. The molecule has 0 aliphatic heterocycles. The van der Waals surface area contributed by atoms with E-state index in [4.69, 9.17) is 4.74 Å². The lowest BCUT2D eigenvalue weighted by Crippen LogP contribution is -2.23. The molecule has 2 aromatic carbocycles. The van der Waals surface area contributed by atoms with Gasteiger partial charge in [-0.25, -0.2) is 4.79 Å². The Morgan fingerprint density at radius 2 is 1.87 bits per heavy atom. The van der Waals surface area contributed by atoms with Gasteiger partial charge >= 0.3 is 5.69 Å². The van der Waals surface area contributed by atoms with Gasteiger partial charge in [0.1, 0.15) is 18.1 Å². The molecule has 0 spiro atoms. The number of benzene rings is 2. The van der Waals surface area contributed by atoms with Crippen molar-refractivity contribution in [3.63, 3.8) is 0 Å². The zero-order chi connectivity index (χ0) is 22.0. The van der Waals surface area contributed by atoms with Crippen molar-refractivity contribution in [3.05, 3.63) is 74.7 Å². The molecule has 0 aliphatic carbocycles. The van der Waals surface area contributed by atoms with E-state index in [1.807, 2.05) is 39.0 Å². The lowest BCUT2D eigenvalue weighted by atomic mass is 10.0. The number of hydrogen-bond acceptors (Lipinski definition) is 6. The average molecular weight is 408 g/mol. The van der Waals surface area contributed by atoms with Crippen LogP contribution in [0.4, 0.5) is 0 Å². The second-order valence-corrected chi connectivity index (χ2v) is 7.23. The van der Waals surface area contributed by atoms with Crippen LogP contribution in [0.3, 0.4) is 0 Å². The van der Waals surface area contributed by atoms with E-state index in [0.29, 0.717) is 17.0 Å². The van der Waals surface area contributed by atoms with Crippen LogP contribution in [0, 0.1) is 20.8 Å². The standard InChI is InChI=1S/C22H24N4O4/c1-13-7-6-8-19(26-22(29)25(5)23-24-26)18(13)12-30-21-10-14(2)17(9-15(21)3)20(28)11-16(4)27/h6-11,28H,12H2,1-5H3. The van der Waals surface area contributed by atoms with Crippen molar-refractivity contribution in [2.24, 2.45) is 7.05 Å². The van der Waals surface area contributed by atoms with E-state index < -0.39 is 0 Å². The minimum Gasteiger partial charge on any atom is -0.507 e. The molecular weight excluding hydrogens is 384 g/mol. The summed E-state index contributed by atoms with van der Waals surface area (Å²) in [6, 6.07) is 9.19. The predicted octanol–water partition coefficient (Wildman–Crippen LogP) is 2.96. The van der Waals surface area contributed by atoms with Gasteiger partial charge in [-0.05, 0) is 73.0 Å². The molecule has 0 saturated heterocycles. The number of carbonyl (C=O) groups is 1. The Balaban J connectivity index is 1.93. The summed E-state index contributed by atoms with van der Waals surface area (Å²) in [5.74, 6) is 0.349. The first-order chi connectivity index (χ1) is 14.2. The number of aryl methyl sites for hydroxylation is 4. The molecule has 0 fully saturated rings. The predicted molar refractivity (Wildman–Crippen MR) is 113 cm³/mol. The van der Waals surface area contributed by atoms with Gasteiger partial charge in [0.05, 0.1) is 5.69 Å². The van der Waals surface area contributed by atoms with Gasteiger partial charge in [-0.2, -0.15) is 9.36 Å². The van der Waals surface area contributed by atoms with Gasteiger partial charge < -0.3 is 9.84 Å². The molecule has 0 aliphatic rings. The van der Waals surface area contributed by atoms with Crippen LogP contribution in [0.15, 0.2) is 41.2 Å². The first-order valence-electron chi connectivity index (χ1n) is 9.42. The highest BCUT2D eigenvalue weighted by atomic mass is 16.5. The Hall–Kier alpha value is -3.68. The molecule has 0 unspecified atom stereocenters. The fourth-order valence-electron chi connectivity index (χ4n) is 3.18. The van der Waals surface area contributed by atoms with Crippen molar-refractivity contribution >= 4 is 11.5 Å². The molecule has 1 heterocycles. The molecule has 0 bridgehead atoms. The van der Waals surface area contributed by atoms with E-state index in [1.165, 1.54) is 22.4 Å². The number of ether oxygens (including phenoxy) is 1. The van der Waals surface area contributed by atoms with Gasteiger partial charge in [0.2, 0.25) is 0 Å². The maximum absolute atomic E-state index is 12.3. The highest BCUT2D eigenvalue weighted by Gasteiger charge is 2.15. The van der Waals surface area contributed by atoms with Crippen molar-refractivity contribution in [3.8, 4) is 11.4 Å². The number of aliphatic hydroxyl groups is 1. The number of allylic oxidation sites excluding steroid dienone is 1. The highest BCUT2D eigenvalue weighted by Crippen LogP contribution is 2.28. The molecule has 8 heteroatoms. The van der Waals surface area contributed by atoms with Crippen LogP contribution < -0.4 is 10.4 Å². The van der Waals surface area contributed by atoms with E-state index in [1.54, 1.807) is 19.2 Å². The van der Waals surface area contributed by atoms with E-state index in [0.717, 1.165) is 22.3 Å². The summed E-state index contributed by atoms with van der Waals surface area (Å²) in [5, 5.41) is 17.9. The number of tetrazole rings is 1. The van der Waals surface area contributed by atoms with Crippen molar-refractivity contribution in [1.82, 2.24) is 19.8 Å². The lowest BCUT2D eigenvalue weighted by Gasteiger charge is -2.16. The third-order valence-electron chi connectivity index (χ3n) is 4.85. The molecule has 0 radical (unpaired) electrons. The highest BCUT2D eigenvalue weighted by molar-refractivity contribution is 5.93. The summed E-state index contributed by atoms with van der Waals surface area (Å²) >= 11 is 0. The summed E-state index contributed by atoms with van der Waals surface area (Å²) in [4.78, 5) is 23.6. The Labute approximate surface area is 174 Å². The number of aliphatic hydroxyl groups excluding tert-OH is 1. The Kier molecular flexibility index (Phi) is 5.86. The van der Waals surface area contributed by atoms with E-state index in [9.17, 15) is 14.7 Å². The number of aromatic nitrogens is 4. The average Bonchev–Trinajstić information content (AvgIpc) is 3.00. The number of nitrogens with zero attached hydrogens (tertiary/aromatic N) is 4. The van der Waals surface area contributed by atoms with Gasteiger partial charge in [-0.3, -0.25) is 4.79 Å². The van der Waals surface area contributed by atoms with Crippen LogP contribution in [0.2, 0.25) is 0 Å². The van der Waals surface area contributed by atoms with Crippen LogP contribution in [-0.2, 0) is 18.4 Å². The number of ketones is 1. The van der Waals surface area contributed by atoms with E-state index in [2.05, 4.69) is 10.4 Å². The van der Waals surface area contributed by atoms with Crippen molar-refractivity contribution < 1.29 is 14.6 Å². The lowest BCUT2D eigenvalue weighted by molar-refractivity contribution is -0.112. The van der Waals surface area contributed by atoms with Crippen molar-refractivity contribution in [2.45, 2.75) is 34.3 Å². The van der Waals surface area contributed by atoms with Gasteiger partial charge in [0.15, 0.2) is 5.78 Å². The maximum Gasteiger partial charge on any atom is 0.368 e. The van der Waals surface area contributed by atoms with Gasteiger partial charge in [-0.1, -0.05) is 12.1 Å². The second-order valence-electron chi connectivity index (χ2n) is 7.23. The molecular formula is C22H24N4O4. The first-order valence-corrected chi connectivity index (χ1v) is 9.42. The number of hydrogen-bond donors (Lipinski definition) is 1. The van der Waals surface area contributed by atoms with Crippen LogP contribution in [0.1, 0.15) is 34.7 Å². The first kappa shape index (κ1) is 21.0. The Morgan fingerprint density at radius 3 is 2.50 bits per heavy atom. The zero-order valence-electron chi connectivity index (χ0n) is 17.6. The topological polar surface area (TPSA) is 99.2 Å². The fraction of sp³-hybridized carbons (Fsp3) is 0.273. The molecule has 3 aromatic rings. The van der Waals surface area contributed by atoms with Crippen molar-refractivity contribution in [1.29, 1.82) is 0 Å². The minimum absolute atomic E-state index is 0.0714. The van der Waals surface area contributed by atoms with E-state index in [-0.39, 0.29) is 23.8 Å². The van der Waals surface area contributed by atoms with Gasteiger partial charge in [0.25, 0.3) is 0 Å². The summed E-state index contributed by atoms with van der Waals surface area (Å²) in [5.41, 5.74) is 4.22. The van der Waals surface area contributed by atoms with Crippen LogP contribution in [-0.4, -0.2) is 30.7 Å². The summed E-state index contributed by atoms with van der Waals surface area (Å²) in [7, 11) is 1.54. The zero-order valence-corrected chi connectivity index (χ0v) is 17.6. The molecule has 0 atom stereocenters. The summed E-state index contributed by atoms with van der Waals surface area (Å²) in [6.45, 7) is 7.25. The molecule has 3 rings (SSSR count). The maximum atomic E-state index is 12.3. The van der Waals surface area contributed by atoms with Crippen LogP contribution in [0.5, 0.6) is 5.75 Å². The summed E-state index contributed by atoms with van der Waals surface area (Å²) in [6.07, 6.45) is 1.19. The third-order valence-corrected chi connectivity index (χ3v) is 4.85. The number of rotatable bonds is 6. The van der Waals surface area contributed by atoms with Crippen LogP contribution in [0.25, 0.3) is 11.4 Å². The smallest absolute Gasteiger partial charge is 0.368 e. The Bertz CT molecular complexity index is 1200. The number of carbonyl (C=O) groups excluding carboxylic acids is 1. The largest absolute Gasteiger partial charge is 0.507 e. The van der Waals surface area contributed by atoms with Gasteiger partial charge in [-0.15, -0.1) is 0 Å². The van der Waals surface area contributed by atoms with Crippen LogP contribution >= 0.6 is 0 Å².